The van der Waals surface area contributed by atoms with Gasteiger partial charge >= 0.3 is 7.94 Å². The highest BCUT2D eigenvalue weighted by Gasteiger charge is 2.31. The van der Waals surface area contributed by atoms with Crippen molar-refractivity contribution >= 4 is 19.5 Å². The van der Waals surface area contributed by atoms with Crippen LogP contribution in [0.5, 0.6) is 0 Å². The molecule has 13 heavy (non-hydrogen) atoms. The van der Waals surface area contributed by atoms with Crippen LogP contribution in [0.2, 0.25) is 0 Å². The normalized spacial score (nSPS) is 9.31. The van der Waals surface area contributed by atoms with E-state index in [1.165, 1.54) is 5.54 Å². The zero-order valence-electron chi connectivity index (χ0n) is 8.29. The summed E-state index contributed by atoms with van der Waals surface area (Å²) in [6.45, 7) is 9.37. The van der Waals surface area contributed by atoms with Gasteiger partial charge in [0.2, 0.25) is 0 Å². The predicted molar refractivity (Wildman–Crippen MR) is 58.0 cm³/mol. The summed E-state index contributed by atoms with van der Waals surface area (Å²) in [4.78, 5) is 9.18. The van der Waals surface area contributed by atoms with Gasteiger partial charge in [-0.3, -0.25) is 0 Å². The van der Waals surface area contributed by atoms with Gasteiger partial charge in [0, 0.05) is 0 Å². The molecular weight excluding hydrogens is 214 g/mol. The van der Waals surface area contributed by atoms with Crippen LogP contribution in [0.15, 0.2) is 12.1 Å². The van der Waals surface area contributed by atoms with Crippen molar-refractivity contribution in [2.24, 2.45) is 0 Å². The van der Waals surface area contributed by atoms with Crippen LogP contribution in [0.25, 0.3) is 0 Å². The summed E-state index contributed by atoms with van der Waals surface area (Å²) >= 11 is 4.76. The van der Waals surface area contributed by atoms with Gasteiger partial charge in [-0.15, -0.1) is 0 Å². The summed E-state index contributed by atoms with van der Waals surface area (Å²) in [6, 6.07) is 0. The molecule has 0 aliphatic carbocycles. The Bertz CT molecular complexity index is 103. The van der Waals surface area contributed by atoms with E-state index in [1.807, 2.05) is 13.8 Å². The Morgan fingerprint density at radius 1 is 1.38 bits per heavy atom. The summed E-state index contributed by atoms with van der Waals surface area (Å²) in [5.74, 6) is 0. The van der Waals surface area contributed by atoms with Crippen LogP contribution >= 0.6 is 19.5 Å². The molecule has 0 aliphatic heterocycles. The molecule has 0 heterocycles. The van der Waals surface area contributed by atoms with Crippen molar-refractivity contribution in [2.45, 2.75) is 13.8 Å². The first kappa shape index (κ1) is 19.0. The molecule has 3 N–H and O–H groups in total. The van der Waals surface area contributed by atoms with Gasteiger partial charge in [0.15, 0.2) is 0 Å². The highest BCUT2D eigenvalue weighted by molar-refractivity contribution is 7.59. The van der Waals surface area contributed by atoms with Gasteiger partial charge in [-0.2, -0.15) is 13.9 Å². The van der Waals surface area contributed by atoms with Crippen molar-refractivity contribution in [1.82, 2.24) is 0 Å². The van der Waals surface area contributed by atoms with Crippen molar-refractivity contribution in [2.75, 3.05) is 19.9 Å². The minimum absolute atomic E-state index is 0. The lowest BCUT2D eigenvalue weighted by Crippen LogP contribution is -1.99. The molecule has 0 fully saturated rings. The monoisotopic (exact) mass is 233 g/mol. The van der Waals surface area contributed by atoms with Gasteiger partial charge in [-0.05, 0) is 19.4 Å². The van der Waals surface area contributed by atoms with Gasteiger partial charge in [-0.1, -0.05) is 18.2 Å². The summed E-state index contributed by atoms with van der Waals surface area (Å²) in [5.41, 5.74) is 1.22. The topological polar surface area (TPSA) is 70.2 Å². The molecular formula is C7H19ClO4P+. The van der Waals surface area contributed by atoms with Crippen LogP contribution in [0, 0.1) is 0 Å². The lowest BCUT2D eigenvalue weighted by atomic mass is 10.9. The first-order valence-electron chi connectivity index (χ1n) is 3.63. The Hall–Kier alpha value is 0.300. The molecule has 0 aromatic heterocycles. The van der Waals surface area contributed by atoms with Crippen molar-refractivity contribution in [1.29, 1.82) is 0 Å². The summed E-state index contributed by atoms with van der Waals surface area (Å²) in [7, 11) is -2.44. The van der Waals surface area contributed by atoms with Crippen LogP contribution < -0.4 is 0 Å². The lowest BCUT2D eigenvalue weighted by Gasteiger charge is -2.09. The first-order chi connectivity index (χ1) is 5.54. The van der Waals surface area contributed by atoms with Crippen LogP contribution in [-0.2, 0) is 9.05 Å². The number of rotatable bonds is 4. The molecule has 0 radical (unpaired) electrons. The Kier molecular flexibility index (Phi) is 17.9. The van der Waals surface area contributed by atoms with Crippen LogP contribution in [0.3, 0.4) is 0 Å². The second kappa shape index (κ2) is 12.3. The van der Waals surface area contributed by atoms with Crippen molar-refractivity contribution in [3.63, 3.8) is 0 Å². The molecule has 4 nitrogen and oxygen atoms in total. The highest BCUT2D eigenvalue weighted by atomic mass is 35.5. The van der Waals surface area contributed by atoms with Gasteiger partial charge in [0.1, 0.15) is 6.66 Å². The average molecular weight is 234 g/mol. The van der Waals surface area contributed by atoms with Crippen molar-refractivity contribution < 1.29 is 19.4 Å². The SMILES string of the molecule is C=CCl.CCO[P+](C)(O)OCC.O. The van der Waals surface area contributed by atoms with E-state index in [4.69, 9.17) is 20.6 Å². The molecule has 0 atom stereocenters. The van der Waals surface area contributed by atoms with E-state index in [2.05, 4.69) is 6.58 Å². The van der Waals surface area contributed by atoms with Gasteiger partial charge in [0.05, 0.1) is 13.2 Å². The van der Waals surface area contributed by atoms with Crippen LogP contribution in [0.4, 0.5) is 0 Å². The number of halogens is 1. The zero-order valence-corrected chi connectivity index (χ0v) is 9.94. The second-order valence-electron chi connectivity index (χ2n) is 1.79. The molecule has 82 valence electrons. The molecule has 0 bridgehead atoms. The van der Waals surface area contributed by atoms with E-state index < -0.39 is 7.94 Å². The number of hydrogen-bond donors (Lipinski definition) is 1. The second-order valence-corrected chi connectivity index (χ2v) is 4.22. The fourth-order valence-electron chi connectivity index (χ4n) is 0.516. The van der Waals surface area contributed by atoms with Crippen molar-refractivity contribution in [3.05, 3.63) is 12.1 Å². The minimum atomic E-state index is -2.44. The first-order valence-corrected chi connectivity index (χ1v) is 6.09. The fraction of sp³-hybridized carbons (Fsp3) is 0.714. The zero-order chi connectivity index (χ0) is 10.0. The third kappa shape index (κ3) is 18.9. The lowest BCUT2D eigenvalue weighted by molar-refractivity contribution is 0.195. The van der Waals surface area contributed by atoms with E-state index in [-0.39, 0.29) is 5.48 Å². The van der Waals surface area contributed by atoms with E-state index in [1.54, 1.807) is 6.66 Å². The Morgan fingerprint density at radius 3 is 1.77 bits per heavy atom. The average Bonchev–Trinajstić information content (AvgIpc) is 1.88. The molecule has 6 heteroatoms. The predicted octanol–water partition coefficient (Wildman–Crippen LogP) is 1.99. The van der Waals surface area contributed by atoms with Crippen molar-refractivity contribution in [3.8, 4) is 0 Å². The molecule has 0 saturated carbocycles. The van der Waals surface area contributed by atoms with Gasteiger partial charge in [-0.25, -0.2) is 0 Å². The maximum absolute atomic E-state index is 9.18. The molecule has 0 aromatic carbocycles. The third-order valence-corrected chi connectivity index (χ3v) is 2.21. The molecule has 0 aromatic rings. The van der Waals surface area contributed by atoms with Gasteiger partial charge < -0.3 is 5.48 Å². The maximum atomic E-state index is 9.18. The van der Waals surface area contributed by atoms with E-state index in [0.717, 1.165) is 0 Å². The quantitative estimate of drug-likeness (QED) is 0.755. The minimum Gasteiger partial charge on any atom is -0.412 e. The smallest absolute Gasteiger partial charge is 0.405 e. The molecule has 0 unspecified atom stereocenters. The molecule has 0 rings (SSSR count). The summed E-state index contributed by atoms with van der Waals surface area (Å²) in [6.07, 6.45) is 0. The largest absolute Gasteiger partial charge is 0.412 e. The van der Waals surface area contributed by atoms with E-state index in [0.29, 0.717) is 13.2 Å². The summed E-state index contributed by atoms with van der Waals surface area (Å²) in [5, 5.41) is 0. The summed E-state index contributed by atoms with van der Waals surface area (Å²) < 4.78 is 9.83. The standard InChI is InChI=1S/C5H14O3P.C2H3Cl.H2O/c1-4-7-9(3,6)8-5-2;1-2-3;/h6H,4-5H2,1-3H3;2H,1H2;1H2/q+1;;. The highest BCUT2D eigenvalue weighted by Crippen LogP contribution is 2.52. The van der Waals surface area contributed by atoms with Crippen LogP contribution in [0.1, 0.15) is 13.8 Å². The Balaban J connectivity index is -0.000000220. The Labute approximate surface area is 85.4 Å². The van der Waals surface area contributed by atoms with E-state index >= 15 is 0 Å². The van der Waals surface area contributed by atoms with E-state index in [9.17, 15) is 4.89 Å². The Morgan fingerprint density at radius 2 is 1.62 bits per heavy atom. The van der Waals surface area contributed by atoms with Crippen LogP contribution in [-0.4, -0.2) is 30.2 Å². The van der Waals surface area contributed by atoms with Gasteiger partial charge in [0.25, 0.3) is 0 Å². The maximum Gasteiger partial charge on any atom is 0.405 e. The third-order valence-electron chi connectivity index (χ3n) is 0.737. The fourth-order valence-corrected chi connectivity index (χ4v) is 1.55. The molecule has 0 aliphatic rings. The molecule has 0 saturated heterocycles. The number of hydrogen-bond acceptors (Lipinski definition) is 3. The molecule has 0 spiro atoms. The molecule has 0 amide bonds.